The molecule has 0 aliphatic carbocycles. The fourth-order valence-corrected chi connectivity index (χ4v) is 3.75. The molecule has 122 valence electrons. The van der Waals surface area contributed by atoms with Gasteiger partial charge in [0.2, 0.25) is 10.0 Å². The summed E-state index contributed by atoms with van der Waals surface area (Å²) in [6.07, 6.45) is 0. The first-order valence-electron chi connectivity index (χ1n) is 6.17. The van der Waals surface area contributed by atoms with Crippen LogP contribution in [0.3, 0.4) is 0 Å². The van der Waals surface area contributed by atoms with Crippen LogP contribution in [0.5, 0.6) is 0 Å². The SMILES string of the molecule is Cc1cc([N+](=O)[O-])c(Cl)c(S(=O)(=O)N[C@H](C(=O)O)C(C)C)c1. The number of hydrogen-bond acceptors (Lipinski definition) is 5. The van der Waals surface area contributed by atoms with Crippen molar-refractivity contribution in [2.75, 3.05) is 0 Å². The van der Waals surface area contributed by atoms with E-state index in [1.54, 1.807) is 0 Å². The van der Waals surface area contributed by atoms with Gasteiger partial charge in [0.25, 0.3) is 5.69 Å². The quantitative estimate of drug-likeness (QED) is 0.596. The number of nitro groups is 1. The minimum absolute atomic E-state index is 0.313. The van der Waals surface area contributed by atoms with Crippen molar-refractivity contribution in [1.82, 2.24) is 4.72 Å². The van der Waals surface area contributed by atoms with Crippen molar-refractivity contribution in [3.63, 3.8) is 0 Å². The van der Waals surface area contributed by atoms with Crippen LogP contribution in [0.1, 0.15) is 19.4 Å². The van der Waals surface area contributed by atoms with Crippen LogP contribution in [0, 0.1) is 23.0 Å². The highest BCUT2D eigenvalue weighted by Gasteiger charge is 2.31. The summed E-state index contributed by atoms with van der Waals surface area (Å²) in [4.78, 5) is 20.7. The van der Waals surface area contributed by atoms with Crippen LogP contribution in [-0.4, -0.2) is 30.5 Å². The van der Waals surface area contributed by atoms with Crippen molar-refractivity contribution in [2.24, 2.45) is 5.92 Å². The summed E-state index contributed by atoms with van der Waals surface area (Å²) in [7, 11) is -4.33. The Hall–Kier alpha value is -1.71. The molecule has 0 saturated carbocycles. The lowest BCUT2D eigenvalue weighted by atomic mass is 10.1. The number of rotatable bonds is 6. The van der Waals surface area contributed by atoms with Gasteiger partial charge in [-0.2, -0.15) is 4.72 Å². The van der Waals surface area contributed by atoms with Gasteiger partial charge in [0.05, 0.1) is 4.92 Å². The van der Waals surface area contributed by atoms with Gasteiger partial charge < -0.3 is 5.11 Å². The van der Waals surface area contributed by atoms with Crippen molar-refractivity contribution in [3.8, 4) is 0 Å². The molecule has 0 spiro atoms. The fraction of sp³-hybridized carbons (Fsp3) is 0.417. The summed E-state index contributed by atoms with van der Waals surface area (Å²) in [5.74, 6) is -1.87. The zero-order valence-corrected chi connectivity index (χ0v) is 13.6. The zero-order valence-electron chi connectivity index (χ0n) is 12.0. The van der Waals surface area contributed by atoms with Gasteiger partial charge in [0, 0.05) is 6.07 Å². The second-order valence-electron chi connectivity index (χ2n) is 5.03. The normalized spacial score (nSPS) is 13.1. The summed E-state index contributed by atoms with van der Waals surface area (Å²) in [6.45, 7) is 4.53. The van der Waals surface area contributed by atoms with Gasteiger partial charge >= 0.3 is 5.97 Å². The maximum absolute atomic E-state index is 12.3. The molecule has 0 saturated heterocycles. The van der Waals surface area contributed by atoms with Gasteiger partial charge in [-0.1, -0.05) is 25.4 Å². The molecule has 8 nitrogen and oxygen atoms in total. The van der Waals surface area contributed by atoms with Crippen LogP contribution in [0.15, 0.2) is 17.0 Å². The number of nitrogens with zero attached hydrogens (tertiary/aromatic N) is 1. The highest BCUT2D eigenvalue weighted by atomic mass is 35.5. The topological polar surface area (TPSA) is 127 Å². The molecule has 1 aromatic carbocycles. The number of sulfonamides is 1. The van der Waals surface area contributed by atoms with Gasteiger partial charge in [0.1, 0.15) is 16.0 Å². The van der Waals surface area contributed by atoms with E-state index in [1.165, 1.54) is 20.8 Å². The second-order valence-corrected chi connectivity index (χ2v) is 7.09. The van der Waals surface area contributed by atoms with E-state index in [1.807, 2.05) is 4.72 Å². The Kier molecular flexibility index (Phi) is 5.49. The smallest absolute Gasteiger partial charge is 0.322 e. The number of aliphatic carboxylic acids is 1. The Morgan fingerprint density at radius 1 is 1.41 bits per heavy atom. The number of nitrogens with one attached hydrogen (secondary N) is 1. The van der Waals surface area contributed by atoms with E-state index in [9.17, 15) is 23.3 Å². The number of halogens is 1. The molecule has 10 heteroatoms. The Balaban J connectivity index is 3.41. The van der Waals surface area contributed by atoms with Crippen LogP contribution in [0.4, 0.5) is 5.69 Å². The summed E-state index contributed by atoms with van der Waals surface area (Å²) >= 11 is 5.79. The van der Waals surface area contributed by atoms with E-state index in [0.717, 1.165) is 12.1 Å². The number of nitro benzene ring substituents is 1. The highest BCUT2D eigenvalue weighted by molar-refractivity contribution is 7.89. The number of carboxylic acid groups (broad SMARTS) is 1. The molecule has 0 aliphatic rings. The summed E-state index contributed by atoms with van der Waals surface area (Å²) in [6, 6.07) is 0.913. The largest absolute Gasteiger partial charge is 0.480 e. The first-order valence-corrected chi connectivity index (χ1v) is 8.03. The van der Waals surface area contributed by atoms with E-state index in [-0.39, 0.29) is 0 Å². The van der Waals surface area contributed by atoms with Crippen molar-refractivity contribution in [2.45, 2.75) is 31.7 Å². The highest BCUT2D eigenvalue weighted by Crippen LogP contribution is 2.32. The lowest BCUT2D eigenvalue weighted by Gasteiger charge is -2.18. The first kappa shape index (κ1) is 18.3. The minimum atomic E-state index is -4.33. The third-order valence-corrected chi connectivity index (χ3v) is 4.84. The lowest BCUT2D eigenvalue weighted by Crippen LogP contribution is -2.44. The van der Waals surface area contributed by atoms with Crippen LogP contribution >= 0.6 is 11.6 Å². The monoisotopic (exact) mass is 350 g/mol. The molecule has 0 bridgehead atoms. The molecule has 22 heavy (non-hydrogen) atoms. The lowest BCUT2D eigenvalue weighted by molar-refractivity contribution is -0.385. The summed E-state index contributed by atoms with van der Waals surface area (Å²) in [5.41, 5.74) is -0.244. The molecule has 0 heterocycles. The van der Waals surface area contributed by atoms with Crippen LogP contribution in [0.2, 0.25) is 5.02 Å². The van der Waals surface area contributed by atoms with Crippen LogP contribution < -0.4 is 4.72 Å². The third-order valence-electron chi connectivity index (χ3n) is 2.87. The van der Waals surface area contributed by atoms with Gasteiger partial charge in [0.15, 0.2) is 0 Å². The van der Waals surface area contributed by atoms with Crippen LogP contribution in [-0.2, 0) is 14.8 Å². The molecule has 0 radical (unpaired) electrons. The van der Waals surface area contributed by atoms with E-state index in [0.29, 0.717) is 5.56 Å². The standard InChI is InChI=1S/C12H15ClN2O6S/c1-6(2)11(12(16)17)14-22(20,21)9-5-7(3)4-8(10(9)13)15(18)19/h4-6,11,14H,1-3H3,(H,16,17)/t11-/m0/s1. The molecule has 1 aromatic rings. The first-order chi connectivity index (χ1) is 9.97. The molecule has 0 unspecified atom stereocenters. The van der Waals surface area contributed by atoms with Gasteiger partial charge in [-0.3, -0.25) is 14.9 Å². The number of hydrogen-bond donors (Lipinski definition) is 2. The number of aryl methyl sites for hydroxylation is 1. The molecular formula is C12H15ClN2O6S. The van der Waals surface area contributed by atoms with Gasteiger partial charge in [-0.05, 0) is 24.5 Å². The molecule has 1 rings (SSSR count). The van der Waals surface area contributed by atoms with Crippen molar-refractivity contribution >= 4 is 33.3 Å². The Labute approximate surface area is 132 Å². The van der Waals surface area contributed by atoms with Gasteiger partial charge in [-0.15, -0.1) is 0 Å². The average Bonchev–Trinajstić information content (AvgIpc) is 2.37. The van der Waals surface area contributed by atoms with Crippen molar-refractivity contribution in [3.05, 3.63) is 32.8 Å². The van der Waals surface area contributed by atoms with Crippen LogP contribution in [0.25, 0.3) is 0 Å². The Morgan fingerprint density at radius 2 is 1.95 bits per heavy atom. The molecule has 0 aromatic heterocycles. The average molecular weight is 351 g/mol. The molecule has 0 fully saturated rings. The van der Waals surface area contributed by atoms with E-state index in [4.69, 9.17) is 16.7 Å². The van der Waals surface area contributed by atoms with E-state index >= 15 is 0 Å². The number of benzene rings is 1. The molecule has 1 atom stereocenters. The van der Waals surface area contributed by atoms with E-state index in [2.05, 4.69) is 0 Å². The molecular weight excluding hydrogens is 336 g/mol. The predicted octanol–water partition coefficient (Wildman–Crippen LogP) is 1.94. The van der Waals surface area contributed by atoms with E-state index < -0.39 is 48.5 Å². The Bertz CT molecular complexity index is 717. The predicted molar refractivity (Wildman–Crippen MR) is 79.4 cm³/mol. The maximum atomic E-state index is 12.3. The Morgan fingerprint density at radius 3 is 2.36 bits per heavy atom. The summed E-state index contributed by atoms with van der Waals surface area (Å²) in [5, 5.41) is 19.4. The fourth-order valence-electron chi connectivity index (χ4n) is 1.75. The molecule has 2 N–H and O–H groups in total. The van der Waals surface area contributed by atoms with Crippen molar-refractivity contribution < 1.29 is 23.2 Å². The second kappa shape index (κ2) is 6.59. The van der Waals surface area contributed by atoms with Crippen molar-refractivity contribution in [1.29, 1.82) is 0 Å². The minimum Gasteiger partial charge on any atom is -0.480 e. The number of carbonyl (C=O) groups is 1. The summed E-state index contributed by atoms with van der Waals surface area (Å²) < 4.78 is 26.6. The zero-order chi connectivity index (χ0) is 17.2. The molecule has 0 amide bonds. The number of carboxylic acids is 1. The maximum Gasteiger partial charge on any atom is 0.322 e. The third kappa shape index (κ3) is 3.93. The van der Waals surface area contributed by atoms with Gasteiger partial charge in [-0.25, -0.2) is 8.42 Å². The molecule has 0 aliphatic heterocycles.